The molecule has 0 atom stereocenters. The molecule has 0 aliphatic carbocycles. The zero-order chi connectivity index (χ0) is 20.8. The van der Waals surface area contributed by atoms with Crippen LogP contribution in [-0.4, -0.2) is 23.9 Å². The lowest BCUT2D eigenvalue weighted by Crippen LogP contribution is -2.30. The third-order valence-electron chi connectivity index (χ3n) is 3.75. The number of benzene rings is 2. The number of nitrogens with zero attached hydrogens (tertiary/aromatic N) is 1. The molecule has 1 heterocycles. The number of aromatic nitrogens is 1. The highest BCUT2D eigenvalue weighted by Crippen LogP contribution is 2.22. The average molecular weight is 448 g/mol. The molecule has 148 valence electrons. The van der Waals surface area contributed by atoms with Crippen LogP contribution in [0.15, 0.2) is 59.7 Å². The smallest absolute Gasteiger partial charge is 0.273 e. The second-order valence-electron chi connectivity index (χ2n) is 5.70. The van der Waals surface area contributed by atoms with Crippen LogP contribution in [0.1, 0.15) is 15.9 Å². The van der Waals surface area contributed by atoms with Crippen molar-refractivity contribution in [2.24, 2.45) is 0 Å². The lowest BCUT2D eigenvalue weighted by Gasteiger charge is -2.11. The zero-order valence-corrected chi connectivity index (χ0v) is 17.4. The van der Waals surface area contributed by atoms with E-state index in [1.54, 1.807) is 55.1 Å². The zero-order valence-electron chi connectivity index (χ0n) is 15.1. The van der Waals surface area contributed by atoms with Crippen molar-refractivity contribution in [2.45, 2.75) is 0 Å². The molecule has 0 radical (unpaired) electrons. The predicted octanol–water partition coefficient (Wildman–Crippen LogP) is 4.87. The lowest BCUT2D eigenvalue weighted by atomic mass is 10.1. The average Bonchev–Trinajstić information content (AvgIpc) is 3.21. The first-order valence-electron chi connectivity index (χ1n) is 8.29. The summed E-state index contributed by atoms with van der Waals surface area (Å²) in [5.74, 6) is -0.386. The Bertz CT molecular complexity index is 1050. The first kappa shape index (κ1) is 20.9. The Balaban J connectivity index is 1.89. The number of carbonyl (C=O) groups excluding carboxylic acids is 2. The first-order chi connectivity index (χ1) is 14.0. The maximum absolute atomic E-state index is 12.7. The molecule has 0 saturated heterocycles. The molecule has 1 aromatic heterocycles. The van der Waals surface area contributed by atoms with E-state index in [9.17, 15) is 9.59 Å². The van der Waals surface area contributed by atoms with Crippen molar-refractivity contribution in [3.8, 4) is 5.75 Å². The Hall–Kier alpha value is -2.87. The SMILES string of the molecule is COc1ccc(/C=C(\NC(=O)c2ccc(Cl)cc2Cl)C(=O)Nc2nccs2)cc1. The number of nitrogens with one attached hydrogen (secondary N) is 2. The monoisotopic (exact) mass is 447 g/mol. The van der Waals surface area contributed by atoms with Crippen LogP contribution < -0.4 is 15.4 Å². The number of carbonyl (C=O) groups is 2. The van der Waals surface area contributed by atoms with Crippen LogP contribution in [0.3, 0.4) is 0 Å². The van der Waals surface area contributed by atoms with E-state index in [1.807, 2.05) is 0 Å². The summed E-state index contributed by atoms with van der Waals surface area (Å²) in [4.78, 5) is 29.5. The minimum absolute atomic E-state index is 0.0291. The Morgan fingerprint density at radius 1 is 1.14 bits per heavy atom. The lowest BCUT2D eigenvalue weighted by molar-refractivity contribution is -0.113. The van der Waals surface area contributed by atoms with Gasteiger partial charge in [0.2, 0.25) is 0 Å². The molecule has 6 nitrogen and oxygen atoms in total. The van der Waals surface area contributed by atoms with Crippen molar-refractivity contribution < 1.29 is 14.3 Å². The highest BCUT2D eigenvalue weighted by atomic mass is 35.5. The van der Waals surface area contributed by atoms with Gasteiger partial charge in [0.25, 0.3) is 11.8 Å². The van der Waals surface area contributed by atoms with E-state index in [0.717, 1.165) is 0 Å². The minimum Gasteiger partial charge on any atom is -0.497 e. The molecule has 2 N–H and O–H groups in total. The van der Waals surface area contributed by atoms with E-state index in [4.69, 9.17) is 27.9 Å². The fraction of sp³-hybridized carbons (Fsp3) is 0.0500. The van der Waals surface area contributed by atoms with E-state index in [1.165, 1.54) is 23.5 Å². The van der Waals surface area contributed by atoms with Gasteiger partial charge in [0.1, 0.15) is 11.4 Å². The van der Waals surface area contributed by atoms with Crippen molar-refractivity contribution in [1.82, 2.24) is 10.3 Å². The summed E-state index contributed by atoms with van der Waals surface area (Å²) in [5.41, 5.74) is 0.915. The van der Waals surface area contributed by atoms with Gasteiger partial charge in [-0.15, -0.1) is 11.3 Å². The van der Waals surface area contributed by atoms with Crippen molar-refractivity contribution in [3.63, 3.8) is 0 Å². The fourth-order valence-corrected chi connectivity index (χ4v) is 3.36. The topological polar surface area (TPSA) is 80.3 Å². The summed E-state index contributed by atoms with van der Waals surface area (Å²) in [6.45, 7) is 0. The van der Waals surface area contributed by atoms with Crippen LogP contribution in [0.5, 0.6) is 5.75 Å². The molecule has 0 aliphatic heterocycles. The number of hydrogen-bond donors (Lipinski definition) is 2. The van der Waals surface area contributed by atoms with Gasteiger partial charge in [-0.05, 0) is 42.0 Å². The highest BCUT2D eigenvalue weighted by Gasteiger charge is 2.18. The summed E-state index contributed by atoms with van der Waals surface area (Å²) in [6, 6.07) is 11.5. The largest absolute Gasteiger partial charge is 0.497 e. The Morgan fingerprint density at radius 2 is 1.90 bits per heavy atom. The molecule has 2 aromatic carbocycles. The van der Waals surface area contributed by atoms with Gasteiger partial charge in [-0.1, -0.05) is 35.3 Å². The number of rotatable bonds is 6. The van der Waals surface area contributed by atoms with Gasteiger partial charge in [-0.25, -0.2) is 4.98 Å². The molecular weight excluding hydrogens is 433 g/mol. The molecular formula is C20H15Cl2N3O3S. The molecule has 29 heavy (non-hydrogen) atoms. The fourth-order valence-electron chi connectivity index (χ4n) is 2.34. The number of thiazole rings is 1. The molecule has 0 saturated carbocycles. The third-order valence-corrected chi connectivity index (χ3v) is 4.98. The minimum atomic E-state index is -0.541. The normalized spacial score (nSPS) is 11.1. The second-order valence-corrected chi connectivity index (χ2v) is 7.44. The molecule has 0 bridgehead atoms. The maximum atomic E-state index is 12.7. The van der Waals surface area contributed by atoms with E-state index in [-0.39, 0.29) is 16.3 Å². The predicted molar refractivity (Wildman–Crippen MR) is 116 cm³/mol. The van der Waals surface area contributed by atoms with Gasteiger partial charge in [-0.2, -0.15) is 0 Å². The van der Waals surface area contributed by atoms with Gasteiger partial charge in [-0.3, -0.25) is 14.9 Å². The maximum Gasteiger partial charge on any atom is 0.273 e. The van der Waals surface area contributed by atoms with Crippen LogP contribution in [0.2, 0.25) is 10.0 Å². The van der Waals surface area contributed by atoms with E-state index in [0.29, 0.717) is 21.5 Å². The number of ether oxygens (including phenoxy) is 1. The Labute approximate surface area is 181 Å². The van der Waals surface area contributed by atoms with Crippen LogP contribution in [0.4, 0.5) is 5.13 Å². The van der Waals surface area contributed by atoms with E-state index < -0.39 is 11.8 Å². The Kier molecular flexibility index (Phi) is 6.87. The summed E-state index contributed by atoms with van der Waals surface area (Å²) in [7, 11) is 1.56. The second kappa shape index (κ2) is 9.56. The first-order valence-corrected chi connectivity index (χ1v) is 9.93. The summed E-state index contributed by atoms with van der Waals surface area (Å²) < 4.78 is 5.13. The van der Waals surface area contributed by atoms with Crippen molar-refractivity contribution in [1.29, 1.82) is 0 Å². The molecule has 3 aromatic rings. The molecule has 0 fully saturated rings. The van der Waals surface area contributed by atoms with Crippen molar-refractivity contribution >= 4 is 57.6 Å². The van der Waals surface area contributed by atoms with Crippen LogP contribution in [0.25, 0.3) is 6.08 Å². The Morgan fingerprint density at radius 3 is 2.52 bits per heavy atom. The summed E-state index contributed by atoms with van der Waals surface area (Å²) >= 11 is 13.3. The third kappa shape index (κ3) is 5.57. The summed E-state index contributed by atoms with van der Waals surface area (Å²) in [6.07, 6.45) is 3.11. The molecule has 0 aliphatic rings. The van der Waals surface area contributed by atoms with Crippen molar-refractivity contribution in [2.75, 3.05) is 12.4 Å². The van der Waals surface area contributed by atoms with Crippen LogP contribution >= 0.6 is 34.5 Å². The quantitative estimate of drug-likeness (QED) is 0.528. The van der Waals surface area contributed by atoms with Gasteiger partial charge in [0, 0.05) is 16.6 Å². The number of anilines is 1. The number of methoxy groups -OCH3 is 1. The van der Waals surface area contributed by atoms with Crippen LogP contribution in [0, 0.1) is 0 Å². The number of halogens is 2. The summed E-state index contributed by atoms with van der Waals surface area (Å²) in [5, 5.41) is 7.99. The number of amides is 2. The molecule has 3 rings (SSSR count). The number of hydrogen-bond acceptors (Lipinski definition) is 5. The van der Waals surface area contributed by atoms with Gasteiger partial charge in [0.15, 0.2) is 5.13 Å². The standard InChI is InChI=1S/C20H15Cl2N3O3S/c1-28-14-5-2-12(3-6-14)10-17(19(27)25-20-23-8-9-29-20)24-18(26)15-7-4-13(21)11-16(15)22/h2-11H,1H3,(H,24,26)(H,23,25,27)/b17-10-. The van der Waals surface area contributed by atoms with Gasteiger partial charge < -0.3 is 10.1 Å². The molecule has 9 heteroatoms. The molecule has 0 unspecified atom stereocenters. The molecule has 0 spiro atoms. The van der Waals surface area contributed by atoms with E-state index in [2.05, 4.69) is 15.6 Å². The highest BCUT2D eigenvalue weighted by molar-refractivity contribution is 7.13. The van der Waals surface area contributed by atoms with E-state index >= 15 is 0 Å². The molecule has 2 amide bonds. The van der Waals surface area contributed by atoms with Crippen molar-refractivity contribution in [3.05, 3.63) is 80.9 Å². The van der Waals surface area contributed by atoms with Gasteiger partial charge >= 0.3 is 0 Å². The van der Waals surface area contributed by atoms with Gasteiger partial charge in [0.05, 0.1) is 17.7 Å². The van der Waals surface area contributed by atoms with Crippen LogP contribution in [-0.2, 0) is 4.79 Å².